The van der Waals surface area contributed by atoms with Gasteiger partial charge >= 0.3 is 0 Å². The third kappa shape index (κ3) is 4.72. The van der Waals surface area contributed by atoms with Crippen LogP contribution < -0.4 is 5.32 Å². The zero-order valence-corrected chi connectivity index (χ0v) is 16.6. The summed E-state index contributed by atoms with van der Waals surface area (Å²) in [6.45, 7) is 3.63. The van der Waals surface area contributed by atoms with Crippen LogP contribution in [0.4, 0.5) is 0 Å². The summed E-state index contributed by atoms with van der Waals surface area (Å²) in [6.07, 6.45) is 6.32. The highest BCUT2D eigenvalue weighted by molar-refractivity contribution is 8.23. The van der Waals surface area contributed by atoms with Gasteiger partial charge in [0.25, 0.3) is 5.91 Å². The van der Waals surface area contributed by atoms with E-state index in [1.807, 2.05) is 13.0 Å². The average molecular weight is 398 g/mol. The lowest BCUT2D eigenvalue weighted by Crippen LogP contribution is -2.27. The normalized spacial score (nSPS) is 13.0. The molecule has 3 N–H and O–H groups in total. The Morgan fingerprint density at radius 1 is 1.11 bits per heavy atom. The molecule has 28 heavy (non-hydrogen) atoms. The van der Waals surface area contributed by atoms with Gasteiger partial charge in [-0.3, -0.25) is 18.9 Å². The summed E-state index contributed by atoms with van der Waals surface area (Å²) in [4.78, 5) is 25.7. The molecule has 0 saturated heterocycles. The zero-order valence-electron chi connectivity index (χ0n) is 15.8. The lowest BCUT2D eigenvalue weighted by Gasteiger charge is -2.28. The van der Waals surface area contributed by atoms with Crippen molar-refractivity contribution in [3.63, 3.8) is 0 Å². The Morgan fingerprint density at radius 2 is 1.82 bits per heavy atom. The summed E-state index contributed by atoms with van der Waals surface area (Å²) >= 11 is 0. The second-order valence-corrected chi connectivity index (χ2v) is 8.69. The lowest BCUT2D eigenvalue weighted by molar-refractivity contribution is 0.0939. The molecule has 1 atom stereocenters. The minimum absolute atomic E-state index is 0.284. The van der Waals surface area contributed by atoms with Gasteiger partial charge in [-0.15, -0.1) is 0 Å². The molecule has 0 aliphatic heterocycles. The van der Waals surface area contributed by atoms with Crippen LogP contribution in [-0.2, 0) is 0 Å². The molecule has 0 aliphatic carbocycles. The highest BCUT2D eigenvalue weighted by Crippen LogP contribution is 2.45. The smallest absolute Gasteiger partial charge is 0.251 e. The van der Waals surface area contributed by atoms with Crippen LogP contribution in [0.3, 0.4) is 0 Å². The maximum absolute atomic E-state index is 12.8. The first kappa shape index (κ1) is 19.9. The quantitative estimate of drug-likeness (QED) is 0.598. The molecule has 1 amide bonds. The van der Waals surface area contributed by atoms with E-state index in [0.29, 0.717) is 22.6 Å². The molecule has 7 nitrogen and oxygen atoms in total. The Labute approximate surface area is 165 Å². The van der Waals surface area contributed by atoms with E-state index in [2.05, 4.69) is 20.3 Å². The Kier molecular flexibility index (Phi) is 5.73. The molecule has 3 rings (SSSR count). The monoisotopic (exact) mass is 398 g/mol. The molecule has 0 bridgehead atoms. The van der Waals surface area contributed by atoms with Crippen molar-refractivity contribution in [1.82, 2.24) is 20.3 Å². The minimum Gasteiger partial charge on any atom is -0.345 e. The van der Waals surface area contributed by atoms with Gasteiger partial charge in [-0.1, -0.05) is 6.07 Å². The number of amides is 1. The molecule has 0 unspecified atom stereocenters. The summed E-state index contributed by atoms with van der Waals surface area (Å²) in [5.41, 5.74) is 2.37. The van der Waals surface area contributed by atoms with E-state index in [4.69, 9.17) is 0 Å². The van der Waals surface area contributed by atoms with E-state index < -0.39 is 10.6 Å². The number of carbonyl (C=O) groups is 1. The predicted molar refractivity (Wildman–Crippen MR) is 109 cm³/mol. The van der Waals surface area contributed by atoms with E-state index in [-0.39, 0.29) is 16.8 Å². The van der Waals surface area contributed by atoms with Crippen LogP contribution in [0.2, 0.25) is 0 Å². The molecule has 0 spiro atoms. The molecule has 0 radical (unpaired) electrons. The van der Waals surface area contributed by atoms with Gasteiger partial charge in [0.05, 0.1) is 16.6 Å². The highest BCUT2D eigenvalue weighted by Gasteiger charge is 2.18. The van der Waals surface area contributed by atoms with E-state index in [1.165, 1.54) is 12.3 Å². The van der Waals surface area contributed by atoms with E-state index in [1.54, 1.807) is 49.8 Å². The maximum Gasteiger partial charge on any atom is 0.251 e. The molecule has 146 valence electrons. The lowest BCUT2D eigenvalue weighted by atomic mass is 10.1. The largest absolute Gasteiger partial charge is 0.345 e. The highest BCUT2D eigenvalue weighted by atomic mass is 32.3. The molecular formula is C20H22N4O3S. The molecular weight excluding hydrogens is 376 g/mol. The summed E-state index contributed by atoms with van der Waals surface area (Å²) in [5.74, 6) is 0.318. The third-order valence-electron chi connectivity index (χ3n) is 4.22. The molecule has 1 aromatic carbocycles. The summed E-state index contributed by atoms with van der Waals surface area (Å²) in [6, 6.07) is 9.94. The average Bonchev–Trinajstić information content (AvgIpc) is 2.68. The van der Waals surface area contributed by atoms with Crippen molar-refractivity contribution in [2.45, 2.75) is 24.8 Å². The molecule has 0 aliphatic rings. The first-order valence-electron chi connectivity index (χ1n) is 8.63. The predicted octanol–water partition coefficient (Wildman–Crippen LogP) is 4.08. The molecule has 2 heterocycles. The third-order valence-corrected chi connectivity index (χ3v) is 5.35. The first-order chi connectivity index (χ1) is 13.2. The molecule has 0 fully saturated rings. The van der Waals surface area contributed by atoms with Gasteiger partial charge in [0.15, 0.2) is 0 Å². The van der Waals surface area contributed by atoms with E-state index in [9.17, 15) is 13.9 Å². The number of rotatable bonds is 5. The van der Waals surface area contributed by atoms with Gasteiger partial charge in [-0.05, 0) is 44.2 Å². The number of aryl methyl sites for hydroxylation is 1. The van der Waals surface area contributed by atoms with Gasteiger partial charge in [0.2, 0.25) is 0 Å². The Balaban J connectivity index is 1.93. The number of nitrogens with one attached hydrogen (secondary N) is 1. The van der Waals surface area contributed by atoms with Crippen LogP contribution in [0.15, 0.2) is 59.9 Å². The van der Waals surface area contributed by atoms with Gasteiger partial charge in [0, 0.05) is 41.5 Å². The number of benzene rings is 1. The van der Waals surface area contributed by atoms with Crippen molar-refractivity contribution in [3.8, 4) is 11.3 Å². The fourth-order valence-corrected chi connectivity index (χ4v) is 3.32. The number of hydrogen-bond donors (Lipinski definition) is 3. The number of aromatic nitrogens is 3. The standard InChI is InChI=1S/C20H22N4O3S/c1-13(17-11-22-14(2)23-12-17)24-20(25)16-8-15(19-6-4-5-7-21-19)9-18(10-16)28(3,26)27/h4-13,26-27H,1-3H3,(H,24,25)/t13-/m1/s1. The second-order valence-electron chi connectivity index (χ2n) is 6.55. The summed E-state index contributed by atoms with van der Waals surface area (Å²) in [7, 11) is -3.00. The van der Waals surface area contributed by atoms with Gasteiger partial charge in [-0.2, -0.15) is 10.6 Å². The van der Waals surface area contributed by atoms with Crippen molar-refractivity contribution in [1.29, 1.82) is 0 Å². The molecule has 3 aromatic rings. The van der Waals surface area contributed by atoms with Gasteiger partial charge in [-0.25, -0.2) is 9.97 Å². The van der Waals surface area contributed by atoms with E-state index in [0.717, 1.165) is 5.56 Å². The second kappa shape index (κ2) is 8.05. The molecule has 2 aromatic heterocycles. The van der Waals surface area contributed by atoms with Crippen molar-refractivity contribution < 1.29 is 13.9 Å². The summed E-state index contributed by atoms with van der Waals surface area (Å²) in [5, 5.41) is 2.90. The Morgan fingerprint density at radius 3 is 2.43 bits per heavy atom. The molecule has 8 heteroatoms. The fraction of sp³-hybridized carbons (Fsp3) is 0.200. The van der Waals surface area contributed by atoms with Gasteiger partial charge in [0.1, 0.15) is 5.82 Å². The van der Waals surface area contributed by atoms with Gasteiger partial charge < -0.3 is 5.32 Å². The first-order valence-corrected chi connectivity index (χ1v) is 10.6. The van der Waals surface area contributed by atoms with Crippen LogP contribution in [0.25, 0.3) is 11.3 Å². The fourth-order valence-electron chi connectivity index (χ4n) is 2.62. The minimum atomic E-state index is -3.00. The number of carbonyl (C=O) groups excluding carboxylic acids is 1. The zero-order chi connectivity index (χ0) is 20.3. The maximum atomic E-state index is 12.8. The van der Waals surface area contributed by atoms with Crippen molar-refractivity contribution in [2.75, 3.05) is 6.26 Å². The number of nitrogens with zero attached hydrogens (tertiary/aromatic N) is 3. The van der Waals surface area contributed by atoms with Crippen LogP contribution in [-0.4, -0.2) is 36.2 Å². The van der Waals surface area contributed by atoms with Crippen molar-refractivity contribution >= 4 is 16.5 Å². The van der Waals surface area contributed by atoms with Crippen LogP contribution in [0.1, 0.15) is 34.7 Å². The summed E-state index contributed by atoms with van der Waals surface area (Å²) < 4.78 is 20.2. The Bertz CT molecular complexity index is 973. The number of hydrogen-bond acceptors (Lipinski definition) is 6. The van der Waals surface area contributed by atoms with Crippen LogP contribution in [0, 0.1) is 6.92 Å². The van der Waals surface area contributed by atoms with Crippen LogP contribution >= 0.6 is 10.6 Å². The van der Waals surface area contributed by atoms with Crippen molar-refractivity contribution in [3.05, 3.63) is 71.9 Å². The van der Waals surface area contributed by atoms with Crippen molar-refractivity contribution in [2.24, 2.45) is 0 Å². The molecule has 0 saturated carbocycles. The SMILES string of the molecule is Cc1ncc([C@@H](C)NC(=O)c2cc(-c3ccccn3)cc(S(C)(O)O)c2)cn1. The topological polar surface area (TPSA) is 108 Å². The van der Waals surface area contributed by atoms with Crippen LogP contribution in [0.5, 0.6) is 0 Å². The number of pyridine rings is 1. The van der Waals surface area contributed by atoms with E-state index >= 15 is 0 Å². The Hall–Kier alpha value is -2.81.